The van der Waals surface area contributed by atoms with Crippen LogP contribution in [0.1, 0.15) is 5.69 Å². The average molecular weight is 260 g/mol. The fourth-order valence-electron chi connectivity index (χ4n) is 1.65. The molecular formula is C13H10ClN3O. The Balaban J connectivity index is 1.79. The zero-order valence-electron chi connectivity index (χ0n) is 9.43. The van der Waals surface area contributed by atoms with Gasteiger partial charge in [0.2, 0.25) is 0 Å². The van der Waals surface area contributed by atoms with E-state index < -0.39 is 0 Å². The van der Waals surface area contributed by atoms with Gasteiger partial charge >= 0.3 is 0 Å². The second-order valence-corrected chi connectivity index (χ2v) is 4.24. The van der Waals surface area contributed by atoms with Crippen molar-refractivity contribution in [2.75, 3.05) is 5.32 Å². The number of benzene rings is 1. The molecule has 2 heterocycles. The molecule has 0 aliphatic carbocycles. The molecule has 1 N–H and O–H groups in total. The van der Waals surface area contributed by atoms with Crippen molar-refractivity contribution in [3.05, 3.63) is 53.3 Å². The Morgan fingerprint density at radius 2 is 2.17 bits per heavy atom. The van der Waals surface area contributed by atoms with Gasteiger partial charge in [0, 0.05) is 11.2 Å². The molecule has 0 spiro atoms. The highest BCUT2D eigenvalue weighted by molar-refractivity contribution is 6.31. The largest absolute Gasteiger partial charge is 0.424 e. The number of pyridine rings is 1. The number of aromatic nitrogens is 2. The quantitative estimate of drug-likeness (QED) is 0.782. The van der Waals surface area contributed by atoms with Crippen LogP contribution in [0.15, 0.2) is 47.0 Å². The first kappa shape index (κ1) is 11.0. The zero-order chi connectivity index (χ0) is 12.4. The number of hydrogen-bond donors (Lipinski definition) is 1. The van der Waals surface area contributed by atoms with Gasteiger partial charge in [-0.2, -0.15) is 4.98 Å². The summed E-state index contributed by atoms with van der Waals surface area (Å²) >= 11 is 5.89. The molecular weight excluding hydrogens is 250 g/mol. The van der Waals surface area contributed by atoms with Crippen molar-refractivity contribution >= 4 is 28.7 Å². The van der Waals surface area contributed by atoms with Gasteiger partial charge in [-0.05, 0) is 30.3 Å². The van der Waals surface area contributed by atoms with Crippen molar-refractivity contribution in [2.45, 2.75) is 6.54 Å². The van der Waals surface area contributed by atoms with Crippen molar-refractivity contribution in [3.8, 4) is 0 Å². The van der Waals surface area contributed by atoms with E-state index in [0.717, 1.165) is 11.2 Å². The molecule has 0 aliphatic heterocycles. The van der Waals surface area contributed by atoms with Crippen LogP contribution in [0.3, 0.4) is 0 Å². The fraction of sp³-hybridized carbons (Fsp3) is 0.0769. The minimum Gasteiger partial charge on any atom is -0.424 e. The second-order valence-electron chi connectivity index (χ2n) is 3.81. The van der Waals surface area contributed by atoms with Crippen LogP contribution in [-0.2, 0) is 6.54 Å². The van der Waals surface area contributed by atoms with Crippen LogP contribution < -0.4 is 5.32 Å². The highest BCUT2D eigenvalue weighted by atomic mass is 35.5. The molecule has 2 aromatic heterocycles. The molecule has 0 saturated carbocycles. The maximum Gasteiger partial charge on any atom is 0.296 e. The topological polar surface area (TPSA) is 51.0 Å². The Bertz CT molecular complexity index is 666. The van der Waals surface area contributed by atoms with Crippen molar-refractivity contribution in [3.63, 3.8) is 0 Å². The van der Waals surface area contributed by atoms with Gasteiger partial charge < -0.3 is 9.73 Å². The van der Waals surface area contributed by atoms with Crippen molar-refractivity contribution < 1.29 is 4.42 Å². The van der Waals surface area contributed by atoms with Crippen LogP contribution in [0.2, 0.25) is 5.02 Å². The van der Waals surface area contributed by atoms with E-state index in [-0.39, 0.29) is 0 Å². The molecule has 0 fully saturated rings. The van der Waals surface area contributed by atoms with Gasteiger partial charge in [0.25, 0.3) is 6.01 Å². The Labute approximate surface area is 109 Å². The molecule has 0 bridgehead atoms. The lowest BCUT2D eigenvalue weighted by molar-refractivity contribution is 0.613. The minimum atomic E-state index is 0.470. The number of rotatable bonds is 3. The summed E-state index contributed by atoms with van der Waals surface area (Å²) in [7, 11) is 0. The Kier molecular flexibility index (Phi) is 2.86. The first-order valence-electron chi connectivity index (χ1n) is 5.51. The third kappa shape index (κ3) is 2.28. The lowest BCUT2D eigenvalue weighted by Crippen LogP contribution is -2.00. The normalized spacial score (nSPS) is 10.7. The molecule has 3 aromatic rings. The number of fused-ring (bicyclic) bond motifs is 1. The van der Waals surface area contributed by atoms with E-state index in [1.807, 2.05) is 18.2 Å². The third-order valence-electron chi connectivity index (χ3n) is 2.50. The van der Waals surface area contributed by atoms with Crippen LogP contribution in [0, 0.1) is 0 Å². The highest BCUT2D eigenvalue weighted by Gasteiger charge is 2.05. The van der Waals surface area contributed by atoms with Crippen LogP contribution >= 0.6 is 11.6 Å². The van der Waals surface area contributed by atoms with E-state index in [4.69, 9.17) is 16.0 Å². The highest BCUT2D eigenvalue weighted by Crippen LogP contribution is 2.22. The van der Waals surface area contributed by atoms with Gasteiger partial charge in [-0.1, -0.05) is 17.7 Å². The number of nitrogens with one attached hydrogen (secondary N) is 1. The van der Waals surface area contributed by atoms with E-state index in [2.05, 4.69) is 15.3 Å². The SMILES string of the molecule is Clc1ccc2oc(NCc3ccccn3)nc2c1. The summed E-state index contributed by atoms with van der Waals surface area (Å²) in [5, 5.41) is 3.73. The molecule has 0 amide bonds. The summed E-state index contributed by atoms with van der Waals surface area (Å²) in [6.07, 6.45) is 1.75. The van der Waals surface area contributed by atoms with Crippen LogP contribution in [0.25, 0.3) is 11.1 Å². The molecule has 0 saturated heterocycles. The maximum absolute atomic E-state index is 5.89. The van der Waals surface area contributed by atoms with Crippen LogP contribution in [-0.4, -0.2) is 9.97 Å². The van der Waals surface area contributed by atoms with E-state index >= 15 is 0 Å². The van der Waals surface area contributed by atoms with Gasteiger partial charge in [0.1, 0.15) is 5.52 Å². The predicted molar refractivity (Wildman–Crippen MR) is 70.6 cm³/mol. The number of oxazole rings is 1. The molecule has 0 radical (unpaired) electrons. The predicted octanol–water partition coefficient (Wildman–Crippen LogP) is 3.49. The first-order chi connectivity index (χ1) is 8.81. The van der Waals surface area contributed by atoms with Crippen molar-refractivity contribution in [2.24, 2.45) is 0 Å². The summed E-state index contributed by atoms with van der Waals surface area (Å²) in [6.45, 7) is 0.571. The lowest BCUT2D eigenvalue weighted by atomic mass is 10.3. The van der Waals surface area contributed by atoms with E-state index in [0.29, 0.717) is 23.2 Å². The molecule has 0 unspecified atom stereocenters. The summed E-state index contributed by atoms with van der Waals surface area (Å²) in [6, 6.07) is 11.6. The van der Waals surface area contributed by atoms with Gasteiger partial charge in [0.05, 0.1) is 12.2 Å². The molecule has 4 nitrogen and oxygen atoms in total. The van der Waals surface area contributed by atoms with Gasteiger partial charge in [0.15, 0.2) is 5.58 Å². The summed E-state index contributed by atoms with van der Waals surface area (Å²) in [4.78, 5) is 8.51. The smallest absolute Gasteiger partial charge is 0.296 e. The van der Waals surface area contributed by atoms with E-state index in [1.54, 1.807) is 24.4 Å². The van der Waals surface area contributed by atoms with Gasteiger partial charge in [-0.15, -0.1) is 0 Å². The van der Waals surface area contributed by atoms with Gasteiger partial charge in [-0.25, -0.2) is 0 Å². The lowest BCUT2D eigenvalue weighted by Gasteiger charge is -1.99. The zero-order valence-corrected chi connectivity index (χ0v) is 10.2. The number of anilines is 1. The van der Waals surface area contributed by atoms with Crippen LogP contribution in [0.4, 0.5) is 6.01 Å². The number of hydrogen-bond acceptors (Lipinski definition) is 4. The maximum atomic E-state index is 5.89. The Morgan fingerprint density at radius 3 is 3.00 bits per heavy atom. The average Bonchev–Trinajstić information content (AvgIpc) is 2.79. The first-order valence-corrected chi connectivity index (χ1v) is 5.89. The van der Waals surface area contributed by atoms with E-state index in [1.165, 1.54) is 0 Å². The van der Waals surface area contributed by atoms with Gasteiger partial charge in [-0.3, -0.25) is 4.98 Å². The molecule has 90 valence electrons. The molecule has 5 heteroatoms. The molecule has 18 heavy (non-hydrogen) atoms. The van der Waals surface area contributed by atoms with Crippen molar-refractivity contribution in [1.29, 1.82) is 0 Å². The summed E-state index contributed by atoms with van der Waals surface area (Å²) < 4.78 is 5.54. The number of nitrogens with zero attached hydrogens (tertiary/aromatic N) is 2. The Morgan fingerprint density at radius 1 is 1.22 bits per heavy atom. The molecule has 1 aromatic carbocycles. The monoisotopic (exact) mass is 259 g/mol. The minimum absolute atomic E-state index is 0.470. The standard InChI is InChI=1S/C13H10ClN3O/c14-9-4-5-12-11(7-9)17-13(18-12)16-8-10-3-1-2-6-15-10/h1-7H,8H2,(H,16,17). The van der Waals surface area contributed by atoms with Crippen molar-refractivity contribution in [1.82, 2.24) is 9.97 Å². The summed E-state index contributed by atoms with van der Waals surface area (Å²) in [5.74, 6) is 0. The molecule has 3 rings (SSSR count). The van der Waals surface area contributed by atoms with Crippen LogP contribution in [0.5, 0.6) is 0 Å². The summed E-state index contributed by atoms with van der Waals surface area (Å²) in [5.41, 5.74) is 2.38. The number of halogens is 1. The fourth-order valence-corrected chi connectivity index (χ4v) is 1.81. The Hall–Kier alpha value is -2.07. The van der Waals surface area contributed by atoms with E-state index in [9.17, 15) is 0 Å². The molecule has 0 aliphatic rings. The second kappa shape index (κ2) is 4.66. The molecule has 0 atom stereocenters. The third-order valence-corrected chi connectivity index (χ3v) is 2.73.